The van der Waals surface area contributed by atoms with Gasteiger partial charge in [-0.2, -0.15) is 0 Å². The molecule has 1 fully saturated rings. The van der Waals surface area contributed by atoms with Crippen molar-refractivity contribution >= 4 is 0 Å². The van der Waals surface area contributed by atoms with E-state index in [-0.39, 0.29) is 6.61 Å². The number of hydrogen-bond acceptors (Lipinski definition) is 3. The summed E-state index contributed by atoms with van der Waals surface area (Å²) in [6, 6.07) is 7.56. The molecule has 3 heteroatoms. The quantitative estimate of drug-likeness (QED) is 0.816. The van der Waals surface area contributed by atoms with Crippen molar-refractivity contribution in [3.8, 4) is 5.75 Å². The summed E-state index contributed by atoms with van der Waals surface area (Å²) >= 11 is 0. The highest BCUT2D eigenvalue weighted by Gasteiger charge is 2.15. The standard InChI is InChI=1S/C12H16O3/c13-7-10-2-1-3-12(6-10)15-9-11-4-5-14-8-11/h1-3,6,11,13H,4-5,7-9H2. The van der Waals surface area contributed by atoms with Crippen LogP contribution in [-0.4, -0.2) is 24.9 Å². The van der Waals surface area contributed by atoms with Crippen LogP contribution in [0, 0.1) is 5.92 Å². The first-order chi connectivity index (χ1) is 7.38. The van der Waals surface area contributed by atoms with E-state index in [0.29, 0.717) is 12.5 Å². The van der Waals surface area contributed by atoms with Crippen molar-refractivity contribution in [2.45, 2.75) is 13.0 Å². The largest absolute Gasteiger partial charge is 0.493 e. The van der Waals surface area contributed by atoms with Gasteiger partial charge in [0.1, 0.15) is 5.75 Å². The summed E-state index contributed by atoms with van der Waals surface area (Å²) in [6.45, 7) is 2.42. The van der Waals surface area contributed by atoms with Crippen molar-refractivity contribution in [1.82, 2.24) is 0 Å². The van der Waals surface area contributed by atoms with Gasteiger partial charge < -0.3 is 14.6 Å². The lowest BCUT2D eigenvalue weighted by molar-refractivity contribution is 0.167. The highest BCUT2D eigenvalue weighted by molar-refractivity contribution is 5.27. The predicted octanol–water partition coefficient (Wildman–Crippen LogP) is 1.59. The van der Waals surface area contributed by atoms with E-state index in [4.69, 9.17) is 14.6 Å². The Balaban J connectivity index is 1.86. The Morgan fingerprint density at radius 3 is 3.13 bits per heavy atom. The van der Waals surface area contributed by atoms with Crippen LogP contribution in [-0.2, 0) is 11.3 Å². The average molecular weight is 208 g/mol. The van der Waals surface area contributed by atoms with Crippen LogP contribution in [0.4, 0.5) is 0 Å². The highest BCUT2D eigenvalue weighted by Crippen LogP contribution is 2.17. The van der Waals surface area contributed by atoms with Crippen LogP contribution in [0.15, 0.2) is 24.3 Å². The molecule has 0 radical (unpaired) electrons. The van der Waals surface area contributed by atoms with Gasteiger partial charge in [0, 0.05) is 12.5 Å². The second-order valence-electron chi connectivity index (χ2n) is 3.85. The maximum atomic E-state index is 8.97. The van der Waals surface area contributed by atoms with Crippen LogP contribution in [0.3, 0.4) is 0 Å². The first kappa shape index (κ1) is 10.5. The summed E-state index contributed by atoms with van der Waals surface area (Å²) in [4.78, 5) is 0. The van der Waals surface area contributed by atoms with Gasteiger partial charge in [-0.05, 0) is 24.1 Å². The Hall–Kier alpha value is -1.06. The zero-order valence-electron chi connectivity index (χ0n) is 8.69. The third-order valence-electron chi connectivity index (χ3n) is 2.59. The maximum Gasteiger partial charge on any atom is 0.119 e. The Bertz CT molecular complexity index is 305. The van der Waals surface area contributed by atoms with Gasteiger partial charge >= 0.3 is 0 Å². The summed E-state index contributed by atoms with van der Waals surface area (Å²) in [6.07, 6.45) is 1.08. The van der Waals surface area contributed by atoms with E-state index in [9.17, 15) is 0 Å². The van der Waals surface area contributed by atoms with Gasteiger partial charge in [-0.25, -0.2) is 0 Å². The Morgan fingerprint density at radius 2 is 2.40 bits per heavy atom. The number of benzene rings is 1. The molecule has 1 N–H and O–H groups in total. The molecular weight excluding hydrogens is 192 g/mol. The molecule has 1 heterocycles. The van der Waals surface area contributed by atoms with E-state index >= 15 is 0 Å². The zero-order valence-corrected chi connectivity index (χ0v) is 8.69. The first-order valence-electron chi connectivity index (χ1n) is 5.29. The van der Waals surface area contributed by atoms with E-state index in [2.05, 4.69) is 0 Å². The van der Waals surface area contributed by atoms with Gasteiger partial charge in [0.15, 0.2) is 0 Å². The SMILES string of the molecule is OCc1cccc(OCC2CCOC2)c1. The molecule has 1 aliphatic rings. The van der Waals surface area contributed by atoms with Gasteiger partial charge in [0.25, 0.3) is 0 Å². The Labute approximate surface area is 89.6 Å². The van der Waals surface area contributed by atoms with E-state index in [1.165, 1.54) is 0 Å². The summed E-state index contributed by atoms with van der Waals surface area (Å²) < 4.78 is 10.9. The molecule has 1 saturated heterocycles. The third-order valence-corrected chi connectivity index (χ3v) is 2.59. The lowest BCUT2D eigenvalue weighted by Gasteiger charge is -2.10. The molecule has 82 valence electrons. The van der Waals surface area contributed by atoms with E-state index in [0.717, 1.165) is 30.9 Å². The van der Waals surface area contributed by atoms with Gasteiger partial charge in [-0.3, -0.25) is 0 Å². The fourth-order valence-electron chi connectivity index (χ4n) is 1.66. The van der Waals surface area contributed by atoms with Gasteiger partial charge in [-0.15, -0.1) is 0 Å². The van der Waals surface area contributed by atoms with Crippen molar-refractivity contribution < 1.29 is 14.6 Å². The molecule has 0 amide bonds. The van der Waals surface area contributed by atoms with Crippen molar-refractivity contribution in [1.29, 1.82) is 0 Å². The second kappa shape index (κ2) is 5.14. The van der Waals surface area contributed by atoms with Gasteiger partial charge in [0.05, 0.1) is 19.8 Å². The van der Waals surface area contributed by atoms with Crippen LogP contribution >= 0.6 is 0 Å². The Kier molecular flexibility index (Phi) is 3.59. The molecule has 1 aromatic carbocycles. The molecule has 0 saturated carbocycles. The fraction of sp³-hybridized carbons (Fsp3) is 0.500. The molecule has 2 rings (SSSR count). The smallest absolute Gasteiger partial charge is 0.119 e. The molecule has 1 aromatic rings. The molecule has 0 spiro atoms. The molecule has 1 atom stereocenters. The lowest BCUT2D eigenvalue weighted by Crippen LogP contribution is -2.11. The molecule has 1 unspecified atom stereocenters. The number of hydrogen-bond donors (Lipinski definition) is 1. The summed E-state index contributed by atoms with van der Waals surface area (Å²) in [5.41, 5.74) is 0.884. The maximum absolute atomic E-state index is 8.97. The molecule has 0 aromatic heterocycles. The fourth-order valence-corrected chi connectivity index (χ4v) is 1.66. The number of rotatable bonds is 4. The highest BCUT2D eigenvalue weighted by atomic mass is 16.5. The molecule has 1 aliphatic heterocycles. The van der Waals surface area contributed by atoms with Crippen LogP contribution in [0.5, 0.6) is 5.75 Å². The van der Waals surface area contributed by atoms with Crippen molar-refractivity contribution in [3.05, 3.63) is 29.8 Å². The molecular formula is C12H16O3. The molecule has 15 heavy (non-hydrogen) atoms. The second-order valence-corrected chi connectivity index (χ2v) is 3.85. The molecule has 3 nitrogen and oxygen atoms in total. The monoisotopic (exact) mass is 208 g/mol. The number of aliphatic hydroxyl groups is 1. The predicted molar refractivity (Wildman–Crippen MR) is 56.8 cm³/mol. The van der Waals surface area contributed by atoms with E-state index in [1.54, 1.807) is 0 Å². The van der Waals surface area contributed by atoms with Crippen molar-refractivity contribution in [2.24, 2.45) is 5.92 Å². The summed E-state index contributed by atoms with van der Waals surface area (Å²) in [5.74, 6) is 1.34. The van der Waals surface area contributed by atoms with E-state index < -0.39 is 0 Å². The van der Waals surface area contributed by atoms with Crippen molar-refractivity contribution in [3.63, 3.8) is 0 Å². The zero-order chi connectivity index (χ0) is 10.5. The van der Waals surface area contributed by atoms with Gasteiger partial charge in [-0.1, -0.05) is 12.1 Å². The number of aliphatic hydroxyl groups excluding tert-OH is 1. The third kappa shape index (κ3) is 2.94. The first-order valence-corrected chi connectivity index (χ1v) is 5.29. The minimum absolute atomic E-state index is 0.0593. The normalized spacial score (nSPS) is 20.5. The number of ether oxygens (including phenoxy) is 2. The minimum atomic E-state index is 0.0593. The Morgan fingerprint density at radius 1 is 1.47 bits per heavy atom. The van der Waals surface area contributed by atoms with Crippen LogP contribution in [0.2, 0.25) is 0 Å². The minimum Gasteiger partial charge on any atom is -0.493 e. The van der Waals surface area contributed by atoms with Crippen molar-refractivity contribution in [2.75, 3.05) is 19.8 Å². The molecule has 0 aliphatic carbocycles. The lowest BCUT2D eigenvalue weighted by atomic mass is 10.1. The summed E-state index contributed by atoms with van der Waals surface area (Å²) in [7, 11) is 0. The van der Waals surface area contributed by atoms with Gasteiger partial charge in [0.2, 0.25) is 0 Å². The average Bonchev–Trinajstić information content (AvgIpc) is 2.79. The van der Waals surface area contributed by atoms with Crippen LogP contribution < -0.4 is 4.74 Å². The van der Waals surface area contributed by atoms with E-state index in [1.807, 2.05) is 24.3 Å². The van der Waals surface area contributed by atoms with Crippen LogP contribution in [0.25, 0.3) is 0 Å². The summed E-state index contributed by atoms with van der Waals surface area (Å²) in [5, 5.41) is 8.97. The topological polar surface area (TPSA) is 38.7 Å². The van der Waals surface area contributed by atoms with Crippen LogP contribution in [0.1, 0.15) is 12.0 Å². The molecule has 0 bridgehead atoms.